The molecule has 238 valence electrons. The van der Waals surface area contributed by atoms with E-state index in [1.54, 1.807) is 0 Å². The van der Waals surface area contributed by atoms with Gasteiger partial charge in [-0.05, 0) is 77.3 Å². The van der Waals surface area contributed by atoms with Crippen molar-refractivity contribution in [1.29, 1.82) is 0 Å². The van der Waals surface area contributed by atoms with Gasteiger partial charge in [-0.25, -0.2) is 9.78 Å². The van der Waals surface area contributed by atoms with Gasteiger partial charge >= 0.3 is 6.09 Å². The zero-order valence-corrected chi connectivity index (χ0v) is 26.9. The van der Waals surface area contributed by atoms with Gasteiger partial charge in [0.15, 0.2) is 0 Å². The third-order valence-corrected chi connectivity index (χ3v) is 9.28. The number of imidazole rings is 1. The highest BCUT2D eigenvalue weighted by Gasteiger charge is 2.37. The van der Waals surface area contributed by atoms with Crippen molar-refractivity contribution in [3.8, 4) is 22.3 Å². The van der Waals surface area contributed by atoms with E-state index in [1.165, 1.54) is 23.8 Å². The van der Waals surface area contributed by atoms with E-state index in [-0.39, 0.29) is 17.9 Å². The Morgan fingerprint density at radius 1 is 0.957 bits per heavy atom. The van der Waals surface area contributed by atoms with E-state index >= 15 is 0 Å². The molecule has 2 aliphatic rings. The Kier molecular flexibility index (Phi) is 8.24. The predicted octanol–water partition coefficient (Wildman–Crippen LogP) is 8.25. The van der Waals surface area contributed by atoms with Crippen molar-refractivity contribution in [1.82, 2.24) is 20.2 Å². The van der Waals surface area contributed by atoms with Gasteiger partial charge in [0.2, 0.25) is 5.91 Å². The molecular weight excluding hydrogens is 586 g/mol. The van der Waals surface area contributed by atoms with Gasteiger partial charge in [0.25, 0.3) is 0 Å². The number of alkyl carbamates (subject to hydrolysis) is 1. The lowest BCUT2D eigenvalue weighted by atomic mass is 9.95. The highest BCUT2D eigenvalue weighted by molar-refractivity contribution is 5.89. The van der Waals surface area contributed by atoms with Crippen LogP contribution in [0, 0.1) is 5.92 Å². The lowest BCUT2D eigenvalue weighted by molar-refractivity contribution is -0.135. The number of amides is 2. The summed E-state index contributed by atoms with van der Waals surface area (Å²) in [7, 11) is 1.30. The van der Waals surface area contributed by atoms with Crippen LogP contribution in [0.5, 0.6) is 0 Å². The summed E-state index contributed by atoms with van der Waals surface area (Å²) in [5.74, 6) is 0.568. The molecule has 0 bridgehead atoms. The molecule has 2 amide bonds. The van der Waals surface area contributed by atoms with Gasteiger partial charge in [-0.2, -0.15) is 0 Å². The van der Waals surface area contributed by atoms with Crippen LogP contribution in [0.25, 0.3) is 39.4 Å². The Labute approximate surface area is 274 Å². The largest absolute Gasteiger partial charge is 0.453 e. The number of carbonyl (C=O) groups is 2. The fourth-order valence-electron chi connectivity index (χ4n) is 6.79. The molecule has 4 aromatic carbocycles. The van der Waals surface area contributed by atoms with Gasteiger partial charge in [0, 0.05) is 17.8 Å². The molecule has 1 aliphatic carbocycles. The van der Waals surface area contributed by atoms with Gasteiger partial charge in [-0.3, -0.25) is 4.79 Å². The maximum Gasteiger partial charge on any atom is 0.407 e. The summed E-state index contributed by atoms with van der Waals surface area (Å²) < 4.78 is 4.77. The van der Waals surface area contributed by atoms with Crippen LogP contribution in [0.2, 0.25) is 0 Å². The van der Waals surface area contributed by atoms with Crippen LogP contribution in [-0.4, -0.2) is 46.6 Å². The van der Waals surface area contributed by atoms with Crippen LogP contribution in [0.15, 0.2) is 91.0 Å². The molecule has 1 saturated heterocycles. The van der Waals surface area contributed by atoms with Crippen LogP contribution in [0.4, 0.5) is 16.2 Å². The summed E-state index contributed by atoms with van der Waals surface area (Å²) in [5, 5.41) is 6.41. The second-order valence-corrected chi connectivity index (χ2v) is 12.6. The van der Waals surface area contributed by atoms with Gasteiger partial charge in [-0.1, -0.05) is 86.7 Å². The number of nitrogens with zero attached hydrogens (tertiary/aromatic N) is 2. The molecule has 8 nitrogen and oxygen atoms in total. The second-order valence-electron chi connectivity index (χ2n) is 12.6. The van der Waals surface area contributed by atoms with Gasteiger partial charge < -0.3 is 25.3 Å². The number of aromatic nitrogens is 2. The minimum atomic E-state index is -0.666. The summed E-state index contributed by atoms with van der Waals surface area (Å²) in [6.07, 6.45) is 6.41. The summed E-state index contributed by atoms with van der Waals surface area (Å²) in [4.78, 5) is 35.8. The Morgan fingerprint density at radius 2 is 1.72 bits per heavy atom. The summed E-state index contributed by atoms with van der Waals surface area (Å²) in [5.41, 5.74) is 11.1. The van der Waals surface area contributed by atoms with Gasteiger partial charge in [-0.15, -0.1) is 0 Å². The highest BCUT2D eigenvalue weighted by Crippen LogP contribution is 2.39. The van der Waals surface area contributed by atoms with E-state index in [1.807, 2.05) is 43.0 Å². The number of likely N-dealkylation sites (tertiary alicyclic amines) is 1. The van der Waals surface area contributed by atoms with Crippen LogP contribution in [0.1, 0.15) is 49.7 Å². The van der Waals surface area contributed by atoms with E-state index in [0.29, 0.717) is 6.54 Å². The molecule has 1 aromatic heterocycles. The fourth-order valence-corrected chi connectivity index (χ4v) is 6.79. The maximum atomic E-state index is 13.6. The summed E-state index contributed by atoms with van der Waals surface area (Å²) in [6, 6.07) is 28.9. The zero-order chi connectivity index (χ0) is 32.5. The number of ether oxygens (including phenoxy) is 1. The van der Waals surface area contributed by atoms with Gasteiger partial charge in [0.05, 0.1) is 29.9 Å². The van der Waals surface area contributed by atoms with Crippen LogP contribution >= 0.6 is 0 Å². The van der Waals surface area contributed by atoms with Crippen molar-refractivity contribution in [2.24, 2.45) is 5.92 Å². The SMILES string of the molecule is COC(=O)N[C@H](C(=O)N1CCC[C@H]1c1nc2ccc(-c3ccc(-c4ccc5c(c4Nc4ccccc4)CC=C5)cc3)cc2[nH]1)C(C)C. The molecule has 1 fully saturated rings. The number of fused-ring (bicyclic) bond motifs is 2. The molecule has 2 heterocycles. The number of benzene rings is 4. The van der Waals surface area contributed by atoms with Gasteiger partial charge in [0.1, 0.15) is 11.9 Å². The number of allylic oxidation sites excluding steroid dienone is 1. The average molecular weight is 626 g/mol. The quantitative estimate of drug-likeness (QED) is 0.161. The molecule has 0 saturated carbocycles. The Morgan fingerprint density at radius 3 is 2.49 bits per heavy atom. The van der Waals surface area contributed by atoms with Crippen LogP contribution in [-0.2, 0) is 16.0 Å². The van der Waals surface area contributed by atoms with E-state index in [0.717, 1.165) is 64.2 Å². The monoisotopic (exact) mass is 625 g/mol. The lowest BCUT2D eigenvalue weighted by Gasteiger charge is -2.29. The van der Waals surface area contributed by atoms with E-state index < -0.39 is 12.1 Å². The molecule has 1 aliphatic heterocycles. The van der Waals surface area contributed by atoms with E-state index in [4.69, 9.17) is 9.72 Å². The first-order valence-electron chi connectivity index (χ1n) is 16.3. The van der Waals surface area contributed by atoms with E-state index in [2.05, 4.69) is 88.4 Å². The summed E-state index contributed by atoms with van der Waals surface area (Å²) in [6.45, 7) is 4.46. The number of H-pyrrole nitrogens is 1. The minimum Gasteiger partial charge on any atom is -0.453 e. The van der Waals surface area contributed by atoms with Crippen molar-refractivity contribution in [3.05, 3.63) is 108 Å². The number of para-hydroxylation sites is 1. The molecule has 5 aromatic rings. The zero-order valence-electron chi connectivity index (χ0n) is 26.9. The normalized spacial score (nSPS) is 16.0. The first kappa shape index (κ1) is 30.3. The molecule has 7 rings (SSSR count). The third-order valence-electron chi connectivity index (χ3n) is 9.28. The molecule has 8 heteroatoms. The smallest absolute Gasteiger partial charge is 0.407 e. The van der Waals surface area contributed by atoms with Crippen LogP contribution < -0.4 is 10.6 Å². The number of anilines is 2. The molecule has 2 atom stereocenters. The topological polar surface area (TPSA) is 99.3 Å². The average Bonchev–Trinajstić information content (AvgIpc) is 3.87. The Balaban J connectivity index is 1.14. The first-order chi connectivity index (χ1) is 22.9. The number of rotatable bonds is 8. The predicted molar refractivity (Wildman–Crippen MR) is 187 cm³/mol. The number of hydrogen-bond donors (Lipinski definition) is 3. The molecule has 0 radical (unpaired) electrons. The number of nitrogens with one attached hydrogen (secondary N) is 3. The Bertz CT molecular complexity index is 1960. The molecule has 3 N–H and O–H groups in total. The number of hydrogen-bond acceptors (Lipinski definition) is 5. The van der Waals surface area contributed by atoms with Crippen molar-refractivity contribution in [2.45, 2.75) is 45.2 Å². The highest BCUT2D eigenvalue weighted by atomic mass is 16.5. The molecule has 0 spiro atoms. The Hall–Kier alpha value is -5.37. The minimum absolute atomic E-state index is 0.0844. The third kappa shape index (κ3) is 5.99. The molecular formula is C39H39N5O3. The second kappa shape index (κ2) is 12.8. The summed E-state index contributed by atoms with van der Waals surface area (Å²) >= 11 is 0. The number of carbonyl (C=O) groups excluding carboxylic acids is 2. The van der Waals surface area contributed by atoms with Crippen molar-refractivity contribution in [2.75, 3.05) is 19.0 Å². The van der Waals surface area contributed by atoms with Crippen molar-refractivity contribution >= 4 is 40.5 Å². The fraction of sp³-hybridized carbons (Fsp3) is 0.256. The van der Waals surface area contributed by atoms with Crippen molar-refractivity contribution < 1.29 is 14.3 Å². The molecule has 0 unspecified atom stereocenters. The number of methoxy groups -OCH3 is 1. The van der Waals surface area contributed by atoms with Crippen molar-refractivity contribution in [3.63, 3.8) is 0 Å². The lowest BCUT2D eigenvalue weighted by Crippen LogP contribution is -2.51. The molecule has 47 heavy (non-hydrogen) atoms. The standard InChI is InChI=1S/C39H39N5O3/c1-24(2)35(43-39(46)47-3)38(45)44-22-8-13-34(44)37-41-32-21-19-28(23-33(32)42-37)25-14-16-27(17-15-25)31-20-18-26-9-7-12-30(26)36(31)40-29-10-5-4-6-11-29/h4-7,9-11,14-21,23-24,34-35,40H,8,12-13,22H2,1-3H3,(H,41,42)(H,43,46)/t34-,35-/m0/s1. The maximum absolute atomic E-state index is 13.6. The first-order valence-corrected chi connectivity index (χ1v) is 16.3. The number of aromatic amines is 1. The van der Waals surface area contributed by atoms with E-state index in [9.17, 15) is 9.59 Å². The van der Waals surface area contributed by atoms with Crippen LogP contribution in [0.3, 0.4) is 0 Å².